The topological polar surface area (TPSA) is 72.0 Å². The second-order valence-electron chi connectivity index (χ2n) is 5.43. The van der Waals surface area contributed by atoms with E-state index in [2.05, 4.69) is 9.97 Å². The fourth-order valence-corrected chi connectivity index (χ4v) is 3.58. The van der Waals surface area contributed by atoms with E-state index in [9.17, 15) is 9.59 Å². The number of nitrogens with one attached hydrogen (secondary N) is 1. The molecule has 0 bridgehead atoms. The van der Waals surface area contributed by atoms with E-state index in [1.54, 1.807) is 13.0 Å². The van der Waals surface area contributed by atoms with Crippen molar-refractivity contribution < 1.29 is 9.53 Å². The number of hydrogen-bond donors (Lipinski definition) is 1. The molecule has 0 amide bonds. The summed E-state index contributed by atoms with van der Waals surface area (Å²) in [6.07, 6.45) is 3.64. The van der Waals surface area contributed by atoms with Gasteiger partial charge in [0, 0.05) is 0 Å². The van der Waals surface area contributed by atoms with Crippen LogP contribution in [0.1, 0.15) is 32.2 Å². The first-order valence-electron chi connectivity index (χ1n) is 7.36. The van der Waals surface area contributed by atoms with Gasteiger partial charge in [0.2, 0.25) is 0 Å². The first-order chi connectivity index (χ1) is 11.5. The molecule has 3 rings (SSSR count). The molecule has 1 aromatic carbocycles. The summed E-state index contributed by atoms with van der Waals surface area (Å²) >= 11 is 1.17. The highest BCUT2D eigenvalue weighted by molar-refractivity contribution is 7.20. The van der Waals surface area contributed by atoms with Crippen molar-refractivity contribution in [2.75, 3.05) is 7.11 Å². The van der Waals surface area contributed by atoms with Gasteiger partial charge < -0.3 is 9.72 Å². The Hall–Kier alpha value is -2.73. The molecule has 0 radical (unpaired) electrons. The molecule has 122 valence electrons. The minimum Gasteiger partial charge on any atom is -0.465 e. The van der Waals surface area contributed by atoms with Gasteiger partial charge >= 0.3 is 5.97 Å². The van der Waals surface area contributed by atoms with Crippen molar-refractivity contribution in [2.45, 2.75) is 13.8 Å². The number of aryl methyl sites for hydroxylation is 2. The largest absolute Gasteiger partial charge is 0.465 e. The average molecular weight is 340 g/mol. The van der Waals surface area contributed by atoms with Crippen LogP contribution in [0.4, 0.5) is 0 Å². The quantitative estimate of drug-likeness (QED) is 0.740. The second kappa shape index (κ2) is 6.41. The van der Waals surface area contributed by atoms with Crippen LogP contribution < -0.4 is 5.56 Å². The lowest BCUT2D eigenvalue weighted by molar-refractivity contribution is 0.0605. The Bertz CT molecular complexity index is 1010. The van der Waals surface area contributed by atoms with Gasteiger partial charge in [-0.2, -0.15) is 0 Å². The third-order valence-electron chi connectivity index (χ3n) is 3.67. The van der Waals surface area contributed by atoms with Crippen LogP contribution in [0.25, 0.3) is 22.4 Å². The maximum absolute atomic E-state index is 12.3. The van der Waals surface area contributed by atoms with Crippen LogP contribution in [0.5, 0.6) is 0 Å². The highest BCUT2D eigenvalue weighted by atomic mass is 32.1. The van der Waals surface area contributed by atoms with Crippen LogP contribution >= 0.6 is 11.3 Å². The minimum atomic E-state index is -0.452. The summed E-state index contributed by atoms with van der Waals surface area (Å²) in [5, 5.41) is 0.438. The number of fused-ring (bicyclic) bond motifs is 1. The van der Waals surface area contributed by atoms with E-state index < -0.39 is 5.97 Å². The fourth-order valence-electron chi connectivity index (χ4n) is 2.48. The zero-order chi connectivity index (χ0) is 17.3. The molecule has 24 heavy (non-hydrogen) atoms. The van der Waals surface area contributed by atoms with E-state index in [0.717, 1.165) is 11.1 Å². The Morgan fingerprint density at radius 1 is 1.29 bits per heavy atom. The Labute approximate surface area is 142 Å². The summed E-state index contributed by atoms with van der Waals surface area (Å²) < 4.78 is 4.75. The molecule has 0 aliphatic carbocycles. The summed E-state index contributed by atoms with van der Waals surface area (Å²) in [7, 11) is 1.32. The molecular formula is C18H16N2O3S. The molecule has 0 fully saturated rings. The number of carbonyl (C=O) groups excluding carboxylic acids is 1. The van der Waals surface area contributed by atoms with Crippen LogP contribution in [0, 0.1) is 13.8 Å². The van der Waals surface area contributed by atoms with Crippen molar-refractivity contribution in [3.63, 3.8) is 0 Å². The van der Waals surface area contributed by atoms with Crippen molar-refractivity contribution in [1.82, 2.24) is 9.97 Å². The van der Waals surface area contributed by atoms with Crippen LogP contribution in [-0.2, 0) is 4.74 Å². The molecule has 2 heterocycles. The monoisotopic (exact) mass is 340 g/mol. The maximum atomic E-state index is 12.3. The summed E-state index contributed by atoms with van der Waals surface area (Å²) in [4.78, 5) is 32.2. The average Bonchev–Trinajstić information content (AvgIpc) is 2.89. The first kappa shape index (κ1) is 16.1. The number of benzene rings is 1. The Morgan fingerprint density at radius 3 is 2.79 bits per heavy atom. The lowest BCUT2D eigenvalue weighted by Gasteiger charge is -1.97. The number of hydrogen-bond acceptors (Lipinski definition) is 5. The van der Waals surface area contributed by atoms with Crippen LogP contribution in [-0.4, -0.2) is 23.0 Å². The van der Waals surface area contributed by atoms with Crippen molar-refractivity contribution >= 4 is 39.7 Å². The van der Waals surface area contributed by atoms with E-state index in [1.165, 1.54) is 18.4 Å². The molecule has 0 unspecified atom stereocenters. The summed E-state index contributed by atoms with van der Waals surface area (Å²) in [5.74, 6) is -0.00146. The molecule has 5 nitrogen and oxygen atoms in total. The van der Waals surface area contributed by atoms with Gasteiger partial charge in [-0.1, -0.05) is 35.9 Å². The van der Waals surface area contributed by atoms with Gasteiger partial charge in [-0.05, 0) is 31.1 Å². The lowest BCUT2D eigenvalue weighted by Crippen LogP contribution is -2.09. The smallest absolute Gasteiger partial charge is 0.348 e. The normalized spacial score (nSPS) is 11.3. The van der Waals surface area contributed by atoms with Gasteiger partial charge in [-0.3, -0.25) is 4.79 Å². The number of aromatic amines is 1. The molecule has 0 aliphatic heterocycles. The van der Waals surface area contributed by atoms with Crippen molar-refractivity contribution in [3.8, 4) is 0 Å². The van der Waals surface area contributed by atoms with Gasteiger partial charge in [-0.15, -0.1) is 11.3 Å². The summed E-state index contributed by atoms with van der Waals surface area (Å²) in [5.41, 5.74) is 2.53. The second-order valence-corrected chi connectivity index (χ2v) is 6.43. The van der Waals surface area contributed by atoms with E-state index in [1.807, 2.05) is 37.3 Å². The number of ether oxygens (including phenoxy) is 1. The summed E-state index contributed by atoms with van der Waals surface area (Å²) in [6, 6.07) is 8.01. The molecule has 3 aromatic rings. The van der Waals surface area contributed by atoms with Gasteiger partial charge in [0.25, 0.3) is 5.56 Å². The molecule has 0 spiro atoms. The molecule has 2 aromatic heterocycles. The minimum absolute atomic E-state index is 0.257. The summed E-state index contributed by atoms with van der Waals surface area (Å²) in [6.45, 7) is 3.75. The lowest BCUT2D eigenvalue weighted by atomic mass is 10.1. The third kappa shape index (κ3) is 3.00. The zero-order valence-corrected chi connectivity index (χ0v) is 14.4. The first-order valence-corrected chi connectivity index (χ1v) is 8.17. The van der Waals surface area contributed by atoms with E-state index >= 15 is 0 Å². The van der Waals surface area contributed by atoms with E-state index in [0.29, 0.717) is 26.5 Å². The van der Waals surface area contributed by atoms with Crippen LogP contribution in [0.3, 0.4) is 0 Å². The highest BCUT2D eigenvalue weighted by Crippen LogP contribution is 2.27. The molecule has 0 saturated heterocycles. The number of H-pyrrole nitrogens is 1. The number of thiophene rings is 1. The Kier molecular flexibility index (Phi) is 4.31. The van der Waals surface area contributed by atoms with Crippen LogP contribution in [0.15, 0.2) is 29.1 Å². The zero-order valence-electron chi connectivity index (χ0n) is 13.5. The number of methoxy groups -OCH3 is 1. The predicted molar refractivity (Wildman–Crippen MR) is 96.4 cm³/mol. The van der Waals surface area contributed by atoms with Gasteiger partial charge in [0.05, 0.1) is 12.5 Å². The van der Waals surface area contributed by atoms with Gasteiger partial charge in [0.15, 0.2) is 0 Å². The van der Waals surface area contributed by atoms with Crippen molar-refractivity contribution in [2.24, 2.45) is 0 Å². The molecular weight excluding hydrogens is 324 g/mol. The van der Waals surface area contributed by atoms with E-state index in [-0.39, 0.29) is 5.56 Å². The number of carbonyl (C=O) groups is 1. The molecule has 1 N–H and O–H groups in total. The molecule has 0 atom stereocenters. The maximum Gasteiger partial charge on any atom is 0.348 e. The number of nitrogens with zero attached hydrogens (tertiary/aromatic N) is 1. The van der Waals surface area contributed by atoms with Crippen LogP contribution in [0.2, 0.25) is 0 Å². The highest BCUT2D eigenvalue weighted by Gasteiger charge is 2.19. The Morgan fingerprint density at radius 2 is 2.08 bits per heavy atom. The standard InChI is InChI=1S/C18H16N2O3S/c1-10-5-4-6-12(9-10)7-8-13-19-16(21)14-11(2)15(18(22)23-3)24-17(14)20-13/h4-9H,1-3H3,(H,19,20,21)/b8-7+. The van der Waals surface area contributed by atoms with Gasteiger partial charge in [-0.25, -0.2) is 9.78 Å². The molecule has 0 aliphatic rings. The predicted octanol–water partition coefficient (Wildman–Crippen LogP) is 3.56. The molecule has 0 saturated carbocycles. The third-order valence-corrected chi connectivity index (χ3v) is 4.83. The number of rotatable bonds is 3. The Balaban J connectivity index is 2.05. The van der Waals surface area contributed by atoms with E-state index in [4.69, 9.17) is 4.74 Å². The van der Waals surface area contributed by atoms with Gasteiger partial charge in [0.1, 0.15) is 15.5 Å². The number of aromatic nitrogens is 2. The SMILES string of the molecule is COC(=O)c1sc2nc(/C=C/c3cccc(C)c3)[nH]c(=O)c2c1C. The van der Waals surface area contributed by atoms with Crippen molar-refractivity contribution in [3.05, 3.63) is 62.0 Å². The fraction of sp³-hybridized carbons (Fsp3) is 0.167. The molecule has 6 heteroatoms. The number of esters is 1. The van der Waals surface area contributed by atoms with Crippen molar-refractivity contribution in [1.29, 1.82) is 0 Å².